The lowest BCUT2D eigenvalue weighted by Gasteiger charge is -2.18. The first-order chi connectivity index (χ1) is 14.5. The molecule has 0 amide bonds. The van der Waals surface area contributed by atoms with Crippen molar-refractivity contribution in [3.8, 4) is 0 Å². The standard InChI is InChI=1S/C25H39NO4/c1-2-7-19-11-13-20(14-12-19)15-16-22(25(29)30)18-21(24(27)28)8-5-6-17-26-23-9-3-4-10-23/h11-14,21-23,26H,2-10,15-18H2,1H3,(H,27,28)(H,29,30). The molecule has 2 rings (SSSR count). The van der Waals surface area contributed by atoms with E-state index in [1.54, 1.807) is 0 Å². The van der Waals surface area contributed by atoms with E-state index in [-0.39, 0.29) is 6.42 Å². The maximum Gasteiger partial charge on any atom is 0.306 e. The van der Waals surface area contributed by atoms with Crippen LogP contribution in [0.15, 0.2) is 24.3 Å². The summed E-state index contributed by atoms with van der Waals surface area (Å²) in [5.74, 6) is -2.94. The van der Waals surface area contributed by atoms with Gasteiger partial charge in [-0.15, -0.1) is 0 Å². The van der Waals surface area contributed by atoms with Gasteiger partial charge in [0.25, 0.3) is 0 Å². The van der Waals surface area contributed by atoms with Crippen molar-refractivity contribution in [3.05, 3.63) is 35.4 Å². The zero-order valence-corrected chi connectivity index (χ0v) is 18.4. The van der Waals surface area contributed by atoms with Crippen LogP contribution in [-0.4, -0.2) is 34.7 Å². The minimum absolute atomic E-state index is 0.217. The Morgan fingerprint density at radius 2 is 1.50 bits per heavy atom. The third-order valence-corrected chi connectivity index (χ3v) is 6.38. The van der Waals surface area contributed by atoms with Gasteiger partial charge in [0, 0.05) is 6.04 Å². The Morgan fingerprint density at radius 3 is 2.07 bits per heavy atom. The number of unbranched alkanes of at least 4 members (excludes halogenated alkanes) is 1. The van der Waals surface area contributed by atoms with Gasteiger partial charge >= 0.3 is 11.9 Å². The highest BCUT2D eigenvalue weighted by Crippen LogP contribution is 2.24. The zero-order chi connectivity index (χ0) is 21.8. The lowest BCUT2D eigenvalue weighted by atomic mass is 9.87. The number of carbonyl (C=O) groups is 2. The third kappa shape index (κ3) is 8.86. The van der Waals surface area contributed by atoms with E-state index in [4.69, 9.17) is 0 Å². The maximum atomic E-state index is 11.7. The Hall–Kier alpha value is -1.88. The molecule has 0 bridgehead atoms. The number of aryl methyl sites for hydroxylation is 2. The number of nitrogens with one attached hydrogen (secondary N) is 1. The molecular weight excluding hydrogens is 378 g/mol. The van der Waals surface area contributed by atoms with Crippen LogP contribution in [0.25, 0.3) is 0 Å². The monoisotopic (exact) mass is 417 g/mol. The van der Waals surface area contributed by atoms with Crippen molar-refractivity contribution in [1.82, 2.24) is 5.32 Å². The SMILES string of the molecule is CCCc1ccc(CCC(CC(CCCCNC2CCCC2)C(=O)O)C(=O)O)cc1. The van der Waals surface area contributed by atoms with Gasteiger partial charge in [0.2, 0.25) is 0 Å². The second-order valence-electron chi connectivity index (χ2n) is 8.84. The summed E-state index contributed by atoms with van der Waals surface area (Å²) < 4.78 is 0. The average Bonchev–Trinajstić information content (AvgIpc) is 3.23. The van der Waals surface area contributed by atoms with E-state index >= 15 is 0 Å². The lowest BCUT2D eigenvalue weighted by Crippen LogP contribution is -2.27. The molecule has 5 nitrogen and oxygen atoms in total. The number of benzene rings is 1. The van der Waals surface area contributed by atoms with Gasteiger partial charge in [-0.3, -0.25) is 9.59 Å². The summed E-state index contributed by atoms with van der Waals surface area (Å²) in [5.41, 5.74) is 2.41. The van der Waals surface area contributed by atoms with Gasteiger partial charge in [-0.25, -0.2) is 0 Å². The predicted molar refractivity (Wildman–Crippen MR) is 120 cm³/mol. The molecular formula is C25H39NO4. The number of carboxylic acid groups (broad SMARTS) is 2. The van der Waals surface area contributed by atoms with Gasteiger partial charge < -0.3 is 15.5 Å². The second-order valence-corrected chi connectivity index (χ2v) is 8.84. The van der Waals surface area contributed by atoms with Crippen LogP contribution in [0, 0.1) is 11.8 Å². The van der Waals surface area contributed by atoms with Crippen molar-refractivity contribution >= 4 is 11.9 Å². The smallest absolute Gasteiger partial charge is 0.306 e. The molecule has 2 unspecified atom stereocenters. The minimum Gasteiger partial charge on any atom is -0.481 e. The molecule has 1 saturated carbocycles. The Bertz CT molecular complexity index is 637. The minimum atomic E-state index is -0.883. The molecule has 168 valence electrons. The molecule has 1 aliphatic rings. The van der Waals surface area contributed by atoms with Crippen molar-refractivity contribution in [2.24, 2.45) is 11.8 Å². The highest BCUT2D eigenvalue weighted by Gasteiger charge is 2.26. The van der Waals surface area contributed by atoms with Crippen LogP contribution in [0.4, 0.5) is 0 Å². The molecule has 0 heterocycles. The summed E-state index contributed by atoms with van der Waals surface area (Å²) in [4.78, 5) is 23.4. The molecule has 1 aromatic rings. The van der Waals surface area contributed by atoms with Crippen LogP contribution in [0.2, 0.25) is 0 Å². The largest absolute Gasteiger partial charge is 0.481 e. The number of hydrogen-bond acceptors (Lipinski definition) is 3. The summed E-state index contributed by atoms with van der Waals surface area (Å²) in [6.45, 7) is 3.07. The summed E-state index contributed by atoms with van der Waals surface area (Å²) >= 11 is 0. The molecule has 30 heavy (non-hydrogen) atoms. The van der Waals surface area contributed by atoms with Gasteiger partial charge in [-0.05, 0) is 69.0 Å². The zero-order valence-electron chi connectivity index (χ0n) is 18.4. The predicted octanol–water partition coefficient (Wildman–Crippen LogP) is 5.07. The van der Waals surface area contributed by atoms with Crippen molar-refractivity contribution in [2.75, 3.05) is 6.54 Å². The second kappa shape index (κ2) is 13.4. The number of rotatable bonds is 15. The van der Waals surface area contributed by atoms with E-state index in [9.17, 15) is 19.8 Å². The molecule has 0 spiro atoms. The topological polar surface area (TPSA) is 86.6 Å². The van der Waals surface area contributed by atoms with Crippen LogP contribution in [0.3, 0.4) is 0 Å². The first-order valence-electron chi connectivity index (χ1n) is 11.8. The molecule has 1 aliphatic carbocycles. The third-order valence-electron chi connectivity index (χ3n) is 6.38. The van der Waals surface area contributed by atoms with E-state index in [1.165, 1.54) is 31.2 Å². The van der Waals surface area contributed by atoms with Crippen molar-refractivity contribution in [1.29, 1.82) is 0 Å². The molecule has 2 atom stereocenters. The van der Waals surface area contributed by atoms with Gasteiger partial charge in [0.05, 0.1) is 11.8 Å². The lowest BCUT2D eigenvalue weighted by molar-refractivity contribution is -0.146. The molecule has 1 fully saturated rings. The summed E-state index contributed by atoms with van der Waals surface area (Å²) in [6.07, 6.45) is 10.9. The average molecular weight is 418 g/mol. The van der Waals surface area contributed by atoms with E-state index in [2.05, 4.69) is 36.5 Å². The normalized spacial score (nSPS) is 16.4. The Morgan fingerprint density at radius 1 is 0.933 bits per heavy atom. The van der Waals surface area contributed by atoms with Crippen LogP contribution in [0.1, 0.15) is 82.3 Å². The van der Waals surface area contributed by atoms with Gasteiger partial charge in [-0.1, -0.05) is 56.9 Å². The maximum absolute atomic E-state index is 11.7. The summed E-state index contributed by atoms with van der Waals surface area (Å²) in [6, 6.07) is 8.97. The number of hydrogen-bond donors (Lipinski definition) is 3. The highest BCUT2D eigenvalue weighted by molar-refractivity contribution is 5.73. The fourth-order valence-electron chi connectivity index (χ4n) is 4.48. The Labute approximate surface area is 181 Å². The quantitative estimate of drug-likeness (QED) is 0.347. The summed E-state index contributed by atoms with van der Waals surface area (Å²) in [5, 5.41) is 22.8. The van der Waals surface area contributed by atoms with Gasteiger partial charge in [-0.2, -0.15) is 0 Å². The van der Waals surface area contributed by atoms with Crippen molar-refractivity contribution in [2.45, 2.75) is 90.0 Å². The molecule has 0 aromatic heterocycles. The van der Waals surface area contributed by atoms with Crippen LogP contribution >= 0.6 is 0 Å². The fourth-order valence-corrected chi connectivity index (χ4v) is 4.48. The van der Waals surface area contributed by atoms with E-state index in [0.717, 1.165) is 37.8 Å². The van der Waals surface area contributed by atoms with Crippen LogP contribution < -0.4 is 5.32 Å². The molecule has 0 aliphatic heterocycles. The molecule has 0 saturated heterocycles. The van der Waals surface area contributed by atoms with Crippen molar-refractivity contribution in [3.63, 3.8) is 0 Å². The van der Waals surface area contributed by atoms with Crippen LogP contribution in [0.5, 0.6) is 0 Å². The van der Waals surface area contributed by atoms with Gasteiger partial charge in [0.1, 0.15) is 0 Å². The Balaban J connectivity index is 1.76. The first-order valence-corrected chi connectivity index (χ1v) is 11.8. The van der Waals surface area contributed by atoms with Crippen LogP contribution in [-0.2, 0) is 22.4 Å². The Kier molecular flexibility index (Phi) is 10.9. The highest BCUT2D eigenvalue weighted by atomic mass is 16.4. The van der Waals surface area contributed by atoms with E-state index in [0.29, 0.717) is 25.3 Å². The number of aliphatic carboxylic acids is 2. The van der Waals surface area contributed by atoms with Crippen molar-refractivity contribution < 1.29 is 19.8 Å². The summed E-state index contributed by atoms with van der Waals surface area (Å²) in [7, 11) is 0. The molecule has 1 aromatic carbocycles. The van der Waals surface area contributed by atoms with E-state index in [1.807, 2.05) is 0 Å². The van der Waals surface area contributed by atoms with E-state index < -0.39 is 23.8 Å². The fraction of sp³-hybridized carbons (Fsp3) is 0.680. The first kappa shape index (κ1) is 24.4. The van der Waals surface area contributed by atoms with Gasteiger partial charge in [0.15, 0.2) is 0 Å². The molecule has 5 heteroatoms. The molecule has 0 radical (unpaired) electrons. The molecule has 3 N–H and O–H groups in total. The number of carboxylic acids is 2.